The molecule has 3 rings (SSSR count). The molecule has 1 heterocycles. The van der Waals surface area contributed by atoms with E-state index in [1.165, 1.54) is 0 Å². The largest absolute Gasteiger partial charge is 0.481 e. The van der Waals surface area contributed by atoms with Gasteiger partial charge in [-0.25, -0.2) is 19.5 Å². The number of carbonyl (C=O) groups is 3. The van der Waals surface area contributed by atoms with Crippen molar-refractivity contribution in [2.45, 2.75) is 77.4 Å². The summed E-state index contributed by atoms with van der Waals surface area (Å²) < 4.78 is 12.5. The van der Waals surface area contributed by atoms with Crippen molar-refractivity contribution < 1.29 is 29.0 Å². The van der Waals surface area contributed by atoms with Crippen LogP contribution in [0.2, 0.25) is 0 Å². The fourth-order valence-electron chi connectivity index (χ4n) is 4.14. The molecule has 0 spiro atoms. The van der Waals surface area contributed by atoms with E-state index in [2.05, 4.69) is 4.98 Å². The van der Waals surface area contributed by atoms with Crippen molar-refractivity contribution in [3.8, 4) is 0 Å². The Kier molecular flexibility index (Phi) is 8.15. The number of carboxylic acid groups (broad SMARTS) is 1. The van der Waals surface area contributed by atoms with Gasteiger partial charge in [-0.05, 0) is 78.4 Å². The van der Waals surface area contributed by atoms with Gasteiger partial charge in [0.05, 0.1) is 12.0 Å². The van der Waals surface area contributed by atoms with Crippen molar-refractivity contribution in [1.29, 1.82) is 0 Å². The summed E-state index contributed by atoms with van der Waals surface area (Å²) in [6.45, 7) is 10.4. The molecule has 200 valence electrons. The first-order valence-corrected chi connectivity index (χ1v) is 12.5. The number of carbonyl (C=O) groups excluding carboxylic acids is 2. The van der Waals surface area contributed by atoms with Crippen molar-refractivity contribution in [3.63, 3.8) is 0 Å². The molecule has 1 N–H and O–H groups in total. The van der Waals surface area contributed by atoms with Gasteiger partial charge in [-0.3, -0.25) is 4.79 Å². The van der Waals surface area contributed by atoms with Crippen LogP contribution in [0.15, 0.2) is 42.9 Å². The van der Waals surface area contributed by atoms with Gasteiger partial charge in [-0.15, -0.1) is 0 Å². The smallest absolute Gasteiger partial charge is 0.419 e. The van der Waals surface area contributed by atoms with Crippen LogP contribution in [-0.4, -0.2) is 55.5 Å². The van der Waals surface area contributed by atoms with Gasteiger partial charge in [-0.1, -0.05) is 30.3 Å². The highest BCUT2D eigenvalue weighted by Gasteiger charge is 2.62. The average molecular weight is 512 g/mol. The van der Waals surface area contributed by atoms with Gasteiger partial charge in [-0.2, -0.15) is 0 Å². The number of hydrogen-bond acceptors (Lipinski definition) is 6. The Labute approximate surface area is 218 Å². The van der Waals surface area contributed by atoms with Crippen LogP contribution >= 0.6 is 0 Å². The number of hydrogen-bond donors (Lipinski definition) is 1. The van der Waals surface area contributed by atoms with Crippen molar-refractivity contribution in [1.82, 2.24) is 14.5 Å². The fourth-order valence-corrected chi connectivity index (χ4v) is 4.14. The molecular weight excluding hydrogens is 474 g/mol. The molecule has 0 aliphatic heterocycles. The number of carboxylic acids is 1. The normalized spacial score (nSPS) is 19.5. The first kappa shape index (κ1) is 28.0. The summed E-state index contributed by atoms with van der Waals surface area (Å²) >= 11 is 0. The van der Waals surface area contributed by atoms with E-state index in [9.17, 15) is 19.5 Å². The van der Waals surface area contributed by atoms with Crippen molar-refractivity contribution in [2.24, 2.45) is 5.92 Å². The van der Waals surface area contributed by atoms with Gasteiger partial charge in [0.2, 0.25) is 0 Å². The third kappa shape index (κ3) is 7.44. The van der Waals surface area contributed by atoms with E-state index in [1.54, 1.807) is 58.6 Å². The second-order valence-corrected chi connectivity index (χ2v) is 11.4. The third-order valence-corrected chi connectivity index (χ3v) is 5.95. The van der Waals surface area contributed by atoms with Crippen LogP contribution < -0.4 is 0 Å². The molecule has 9 nitrogen and oxygen atoms in total. The molecule has 1 saturated carbocycles. The van der Waals surface area contributed by atoms with Crippen LogP contribution in [0.25, 0.3) is 12.3 Å². The Bertz CT molecular complexity index is 1110. The topological polar surface area (TPSA) is 111 Å². The summed E-state index contributed by atoms with van der Waals surface area (Å²) in [6, 6.07) is 9.78. The lowest BCUT2D eigenvalue weighted by atomic mass is 9.98. The van der Waals surface area contributed by atoms with Gasteiger partial charge < -0.3 is 19.1 Å². The van der Waals surface area contributed by atoms with E-state index in [-0.39, 0.29) is 12.5 Å². The highest BCUT2D eigenvalue weighted by atomic mass is 16.6. The highest BCUT2D eigenvalue weighted by molar-refractivity contribution is 5.88. The number of rotatable bonds is 8. The molecule has 37 heavy (non-hydrogen) atoms. The Balaban J connectivity index is 1.65. The first-order valence-electron chi connectivity index (χ1n) is 12.5. The maximum Gasteiger partial charge on any atom is 0.419 e. The Morgan fingerprint density at radius 2 is 1.68 bits per heavy atom. The Hall–Kier alpha value is -3.62. The number of nitrogens with zero attached hydrogens (tertiary/aromatic N) is 3. The van der Waals surface area contributed by atoms with E-state index in [0.717, 1.165) is 10.5 Å². The predicted molar refractivity (Wildman–Crippen MR) is 140 cm³/mol. The third-order valence-electron chi connectivity index (χ3n) is 5.95. The van der Waals surface area contributed by atoms with Crippen LogP contribution in [-0.2, 0) is 19.7 Å². The second kappa shape index (κ2) is 10.8. The maximum atomic E-state index is 12.7. The van der Waals surface area contributed by atoms with Crippen LogP contribution in [0.3, 0.4) is 0 Å². The molecular formula is C28H37N3O6. The number of aromatic nitrogens is 2. The lowest BCUT2D eigenvalue weighted by molar-refractivity contribution is -0.140. The van der Waals surface area contributed by atoms with Gasteiger partial charge in [0.15, 0.2) is 0 Å². The van der Waals surface area contributed by atoms with Crippen LogP contribution in [0, 0.1) is 5.92 Å². The first-order chi connectivity index (χ1) is 17.2. The van der Waals surface area contributed by atoms with Crippen molar-refractivity contribution in [3.05, 3.63) is 54.1 Å². The number of imidazole rings is 1. The fraction of sp³-hybridized carbons (Fsp3) is 0.500. The lowest BCUT2D eigenvalue weighted by Crippen LogP contribution is -2.44. The number of benzene rings is 1. The van der Waals surface area contributed by atoms with Crippen molar-refractivity contribution >= 4 is 30.4 Å². The molecule has 1 unspecified atom stereocenters. The van der Waals surface area contributed by atoms with E-state index >= 15 is 0 Å². The number of ether oxygens (including phenoxy) is 2. The summed E-state index contributed by atoms with van der Waals surface area (Å²) in [4.78, 5) is 43.0. The Morgan fingerprint density at radius 1 is 1.08 bits per heavy atom. The molecule has 9 heteroatoms. The predicted octanol–water partition coefficient (Wildman–Crippen LogP) is 5.81. The van der Waals surface area contributed by atoms with Crippen LogP contribution in [0.4, 0.5) is 9.59 Å². The van der Waals surface area contributed by atoms with Crippen LogP contribution in [0.1, 0.15) is 72.1 Å². The lowest BCUT2D eigenvalue weighted by Gasteiger charge is -2.28. The molecule has 0 bridgehead atoms. The maximum absolute atomic E-state index is 12.7. The van der Waals surface area contributed by atoms with E-state index < -0.39 is 34.8 Å². The zero-order chi connectivity index (χ0) is 27.4. The molecule has 1 aliphatic carbocycles. The van der Waals surface area contributed by atoms with Gasteiger partial charge in [0.25, 0.3) is 0 Å². The summed E-state index contributed by atoms with van der Waals surface area (Å²) in [5.41, 5.74) is -1.11. The standard InChI is InChI=1S/C28H37N3O6/c1-26(2,3)36-24(34)31(25(35)37-27(4,5)6)15-10-13-21-17-28(21,23(32)33)22-18-30(19-29-22)16-14-20-11-8-7-9-12-20/h7-9,11-12,14,16,18-19,21H,10,13,15,17H2,1-6H3,(H,32,33)/b16-14+/t21-,28?/m0/s1. The summed E-state index contributed by atoms with van der Waals surface area (Å²) in [6.07, 6.45) is 6.87. The molecule has 0 saturated heterocycles. The monoisotopic (exact) mass is 511 g/mol. The van der Waals surface area contributed by atoms with Gasteiger partial charge in [0, 0.05) is 18.9 Å². The van der Waals surface area contributed by atoms with E-state index in [0.29, 0.717) is 25.0 Å². The Morgan fingerprint density at radius 3 is 2.22 bits per heavy atom. The zero-order valence-corrected chi connectivity index (χ0v) is 22.4. The molecule has 2 atom stereocenters. The average Bonchev–Trinajstić information content (AvgIpc) is 3.32. The summed E-state index contributed by atoms with van der Waals surface area (Å²) in [7, 11) is 0. The molecule has 1 aromatic carbocycles. The summed E-state index contributed by atoms with van der Waals surface area (Å²) in [5, 5.41) is 10.1. The minimum atomic E-state index is -1.07. The van der Waals surface area contributed by atoms with Gasteiger partial charge >= 0.3 is 18.2 Å². The number of aliphatic carboxylic acids is 1. The van der Waals surface area contributed by atoms with E-state index in [4.69, 9.17) is 9.47 Å². The highest BCUT2D eigenvalue weighted by Crippen LogP contribution is 2.56. The van der Waals surface area contributed by atoms with Gasteiger partial charge in [0.1, 0.15) is 16.6 Å². The molecule has 1 aromatic heterocycles. The van der Waals surface area contributed by atoms with Crippen molar-refractivity contribution in [2.75, 3.05) is 6.54 Å². The zero-order valence-electron chi connectivity index (χ0n) is 22.4. The summed E-state index contributed by atoms with van der Waals surface area (Å²) in [5.74, 6) is -1.09. The van der Waals surface area contributed by atoms with E-state index in [1.807, 2.05) is 42.6 Å². The van der Waals surface area contributed by atoms with Crippen LogP contribution in [0.5, 0.6) is 0 Å². The molecule has 1 fully saturated rings. The molecule has 2 amide bonds. The SMILES string of the molecule is CC(C)(C)OC(=O)N(CCC[C@H]1CC1(C(=O)O)c1cn(/C=C/c2ccccc2)cn1)C(=O)OC(C)(C)C. The minimum Gasteiger partial charge on any atom is -0.481 e. The number of amides is 2. The molecule has 0 radical (unpaired) electrons. The second-order valence-electron chi connectivity index (χ2n) is 11.4. The molecule has 2 aromatic rings. The molecule has 1 aliphatic rings. The quantitative estimate of drug-likeness (QED) is 0.476. The minimum absolute atomic E-state index is 0.0598. The number of imide groups is 1.